The Balaban J connectivity index is 1.21. The molecule has 4 aliphatic carbocycles. The maximum atomic E-state index is 13.3. The van der Waals surface area contributed by atoms with E-state index in [2.05, 4.69) is 0 Å². The maximum Gasteiger partial charge on any atom is 0.331 e. The number of carbonyl (C=O) groups excluding carboxylic acids is 3. The summed E-state index contributed by atoms with van der Waals surface area (Å²) in [6.45, 7) is 5.30. The number of carbonyl (C=O) groups is 3. The summed E-state index contributed by atoms with van der Waals surface area (Å²) in [6.07, 6.45) is 2.19. The number of cyclic esters (lactones) is 1. The van der Waals surface area contributed by atoms with Crippen molar-refractivity contribution < 1.29 is 53.4 Å². The van der Waals surface area contributed by atoms with Crippen LogP contribution in [-0.4, -0.2) is 88.3 Å². The van der Waals surface area contributed by atoms with Crippen LogP contribution in [0.15, 0.2) is 11.6 Å². The Bertz CT molecular complexity index is 1200. The molecule has 232 valence electrons. The van der Waals surface area contributed by atoms with Crippen molar-refractivity contribution in [2.24, 2.45) is 34.5 Å². The molecule has 0 aromatic rings. The molecule has 2 saturated heterocycles. The first-order chi connectivity index (χ1) is 19.8. The molecular formula is C31H42O11. The van der Waals surface area contributed by atoms with Crippen LogP contribution in [0, 0.1) is 34.5 Å². The highest BCUT2D eigenvalue weighted by Gasteiger charge is 2.73. The minimum absolute atomic E-state index is 0.00350. The summed E-state index contributed by atoms with van der Waals surface area (Å²) in [7, 11) is 0. The zero-order chi connectivity index (χ0) is 29.8. The monoisotopic (exact) mass is 590 g/mol. The van der Waals surface area contributed by atoms with Crippen molar-refractivity contribution in [2.45, 2.75) is 120 Å². The van der Waals surface area contributed by atoms with E-state index >= 15 is 0 Å². The molecule has 3 heterocycles. The van der Waals surface area contributed by atoms with Crippen LogP contribution >= 0.6 is 0 Å². The van der Waals surface area contributed by atoms with Gasteiger partial charge in [0.15, 0.2) is 0 Å². The molecule has 7 aliphatic rings. The van der Waals surface area contributed by atoms with E-state index in [0.29, 0.717) is 38.5 Å². The number of fused-ring (bicyclic) bond motifs is 7. The van der Waals surface area contributed by atoms with E-state index in [1.54, 1.807) is 0 Å². The number of hydrogen-bond donors (Lipinski definition) is 3. The lowest BCUT2D eigenvalue weighted by Gasteiger charge is -2.64. The highest BCUT2D eigenvalue weighted by molar-refractivity contribution is 5.85. The molecule has 3 aliphatic heterocycles. The maximum absolute atomic E-state index is 13.3. The molecule has 11 nitrogen and oxygen atoms in total. The molecule has 0 radical (unpaired) electrons. The number of aldehydes is 1. The predicted molar refractivity (Wildman–Crippen MR) is 142 cm³/mol. The molecule has 0 unspecified atom stereocenters. The molecule has 14 atom stereocenters. The van der Waals surface area contributed by atoms with Crippen LogP contribution in [0.3, 0.4) is 0 Å². The summed E-state index contributed by atoms with van der Waals surface area (Å²) in [4.78, 5) is 37.5. The molecule has 4 saturated carbocycles. The Morgan fingerprint density at radius 2 is 1.88 bits per heavy atom. The van der Waals surface area contributed by atoms with Crippen LogP contribution in [0.4, 0.5) is 0 Å². The second-order valence-electron chi connectivity index (χ2n) is 14.3. The molecule has 0 aromatic carbocycles. The van der Waals surface area contributed by atoms with E-state index in [1.807, 2.05) is 13.8 Å². The Morgan fingerprint density at radius 1 is 1.10 bits per heavy atom. The summed E-state index contributed by atoms with van der Waals surface area (Å²) in [5.41, 5.74) is -2.03. The first kappa shape index (κ1) is 28.9. The van der Waals surface area contributed by atoms with Crippen molar-refractivity contribution in [3.05, 3.63) is 11.6 Å². The van der Waals surface area contributed by atoms with E-state index in [4.69, 9.17) is 23.7 Å². The Hall–Kier alpha value is -1.89. The van der Waals surface area contributed by atoms with Crippen LogP contribution in [-0.2, 0) is 38.1 Å². The smallest absolute Gasteiger partial charge is 0.331 e. The second-order valence-corrected chi connectivity index (χ2v) is 14.3. The number of aliphatic hydroxyl groups excluding tert-OH is 1. The van der Waals surface area contributed by atoms with Gasteiger partial charge < -0.3 is 43.8 Å². The van der Waals surface area contributed by atoms with Gasteiger partial charge in [0.05, 0.1) is 23.9 Å². The molecule has 3 N–H and O–H groups in total. The van der Waals surface area contributed by atoms with Crippen molar-refractivity contribution in [1.82, 2.24) is 0 Å². The Labute approximate surface area is 244 Å². The van der Waals surface area contributed by atoms with Crippen LogP contribution in [0.25, 0.3) is 0 Å². The average molecular weight is 591 g/mol. The van der Waals surface area contributed by atoms with Crippen molar-refractivity contribution in [3.8, 4) is 0 Å². The fourth-order valence-electron chi connectivity index (χ4n) is 10.6. The molecule has 0 spiro atoms. The fourth-order valence-corrected chi connectivity index (χ4v) is 10.6. The number of rotatable bonds is 3. The average Bonchev–Trinajstić information content (AvgIpc) is 3.43. The second kappa shape index (κ2) is 9.55. The molecule has 0 aromatic heterocycles. The van der Waals surface area contributed by atoms with Gasteiger partial charge in [-0.05, 0) is 68.8 Å². The van der Waals surface area contributed by atoms with Gasteiger partial charge in [-0.15, -0.1) is 0 Å². The Kier molecular flexibility index (Phi) is 6.56. The highest BCUT2D eigenvalue weighted by Crippen LogP contribution is 2.70. The van der Waals surface area contributed by atoms with Gasteiger partial charge in [-0.25, -0.2) is 4.79 Å². The number of aliphatic hydroxyl groups is 3. The topological polar surface area (TPSA) is 158 Å². The van der Waals surface area contributed by atoms with Gasteiger partial charge in [-0.1, -0.05) is 6.92 Å². The lowest BCUT2D eigenvalue weighted by molar-refractivity contribution is -0.457. The van der Waals surface area contributed by atoms with Crippen LogP contribution in [0.2, 0.25) is 0 Å². The zero-order valence-electron chi connectivity index (χ0n) is 24.4. The van der Waals surface area contributed by atoms with Gasteiger partial charge in [-0.3, -0.25) is 4.79 Å². The number of esters is 2. The summed E-state index contributed by atoms with van der Waals surface area (Å²) in [5.74, 6) is -3.69. The van der Waals surface area contributed by atoms with Crippen LogP contribution in [0.5, 0.6) is 0 Å². The molecule has 6 fully saturated rings. The SMILES string of the molecule is CC(=O)O[C@@H]1C[C@]2(O)[C@@H]3CC[C@H]4C[C@H]5O[C@@H]6O[C@H](C)C[C@H](O)[C@]6(O)O[C@@H]5C[C@]4(C=O)[C@H]3CC[C@]2(C)[C@H]1C1=CC(=O)OC1. The molecular weight excluding hydrogens is 548 g/mol. The van der Waals surface area contributed by atoms with Gasteiger partial charge in [0.1, 0.15) is 25.1 Å². The highest BCUT2D eigenvalue weighted by atomic mass is 16.8. The molecule has 42 heavy (non-hydrogen) atoms. The third-order valence-electron chi connectivity index (χ3n) is 12.4. The van der Waals surface area contributed by atoms with Crippen molar-refractivity contribution in [2.75, 3.05) is 6.61 Å². The van der Waals surface area contributed by atoms with E-state index in [0.717, 1.165) is 11.9 Å². The first-order valence-electron chi connectivity index (χ1n) is 15.5. The van der Waals surface area contributed by atoms with E-state index in [1.165, 1.54) is 13.0 Å². The van der Waals surface area contributed by atoms with Gasteiger partial charge in [0.25, 0.3) is 0 Å². The lowest BCUT2D eigenvalue weighted by Crippen LogP contribution is -2.71. The van der Waals surface area contributed by atoms with Crippen molar-refractivity contribution in [1.29, 1.82) is 0 Å². The third-order valence-corrected chi connectivity index (χ3v) is 12.4. The molecule has 0 bridgehead atoms. The standard InChI is InChI=1S/C31H42O11/c1-15-8-24(34)31(37)27(39-15)41-21-10-18-4-5-20-19(29(18,14-32)11-22(21)42-31)6-7-28(3)26(17-9-25(35)38-13-17)23(40-16(2)33)12-30(20,28)36/h9,14-15,18-24,26-27,34,36-37H,4-8,10-13H2,1-3H3/t15-,18+,19+,20-,21-,22-,23-,24+,26+,27+,28-,29-,30+,31+/m1/s1. The Morgan fingerprint density at radius 3 is 2.57 bits per heavy atom. The van der Waals surface area contributed by atoms with Gasteiger partial charge in [-0.2, -0.15) is 0 Å². The van der Waals surface area contributed by atoms with Crippen molar-refractivity contribution in [3.63, 3.8) is 0 Å². The third kappa shape index (κ3) is 3.83. The van der Waals surface area contributed by atoms with Gasteiger partial charge >= 0.3 is 11.9 Å². The predicted octanol–water partition coefficient (Wildman–Crippen LogP) is 1.54. The van der Waals surface area contributed by atoms with E-state index < -0.39 is 64.9 Å². The molecule has 0 amide bonds. The largest absolute Gasteiger partial charge is 0.462 e. The summed E-state index contributed by atoms with van der Waals surface area (Å²) < 4.78 is 29.3. The summed E-state index contributed by atoms with van der Waals surface area (Å²) >= 11 is 0. The summed E-state index contributed by atoms with van der Waals surface area (Å²) in [5, 5.41) is 34.8. The minimum atomic E-state index is -2.02. The number of hydrogen-bond acceptors (Lipinski definition) is 11. The molecule has 11 heteroatoms. The van der Waals surface area contributed by atoms with E-state index in [9.17, 15) is 29.7 Å². The first-order valence-corrected chi connectivity index (χ1v) is 15.5. The van der Waals surface area contributed by atoms with Crippen LogP contribution < -0.4 is 0 Å². The normalized spacial score (nSPS) is 54.7. The van der Waals surface area contributed by atoms with Crippen molar-refractivity contribution >= 4 is 18.2 Å². The molecule has 7 rings (SSSR count). The fraction of sp³-hybridized carbons (Fsp3) is 0.839. The van der Waals surface area contributed by atoms with Crippen LogP contribution in [0.1, 0.15) is 72.1 Å². The number of ether oxygens (including phenoxy) is 5. The van der Waals surface area contributed by atoms with Gasteiger partial charge in [0, 0.05) is 42.6 Å². The minimum Gasteiger partial charge on any atom is -0.462 e. The van der Waals surface area contributed by atoms with E-state index in [-0.39, 0.29) is 49.2 Å². The quantitative estimate of drug-likeness (QED) is 0.249. The van der Waals surface area contributed by atoms with Gasteiger partial charge in [0.2, 0.25) is 12.1 Å². The zero-order valence-corrected chi connectivity index (χ0v) is 24.4. The lowest BCUT2D eigenvalue weighted by atomic mass is 9.42. The summed E-state index contributed by atoms with van der Waals surface area (Å²) in [6, 6.07) is 0.